The largest absolute Gasteiger partial charge is 0.508 e. The first-order valence-electron chi connectivity index (χ1n) is 15.4. The number of hydrogen-bond acceptors (Lipinski definition) is 9. The van der Waals surface area contributed by atoms with Crippen LogP contribution in [0.1, 0.15) is 54.6 Å². The van der Waals surface area contributed by atoms with Crippen molar-refractivity contribution in [2.24, 2.45) is 0 Å². The summed E-state index contributed by atoms with van der Waals surface area (Å²) >= 11 is 0. The second-order valence-corrected chi connectivity index (χ2v) is 12.4. The van der Waals surface area contributed by atoms with Gasteiger partial charge in [-0.2, -0.15) is 24.0 Å². The molecule has 0 bridgehead atoms. The van der Waals surface area contributed by atoms with E-state index in [2.05, 4.69) is 24.5 Å². The number of aromatic hydroxyl groups is 1. The van der Waals surface area contributed by atoms with Gasteiger partial charge in [0.25, 0.3) is 5.92 Å². The van der Waals surface area contributed by atoms with Crippen molar-refractivity contribution >= 4 is 22.5 Å². The smallest absolute Gasteiger partial charge is 0.319 e. The number of halogens is 2. The molecule has 1 N–H and O–H groups in total. The maximum absolute atomic E-state index is 16.3. The van der Waals surface area contributed by atoms with Crippen molar-refractivity contribution in [3.63, 3.8) is 0 Å². The summed E-state index contributed by atoms with van der Waals surface area (Å²) in [5.41, 5.74) is 1.67. The number of piperazine rings is 1. The molecule has 45 heavy (non-hydrogen) atoms. The van der Waals surface area contributed by atoms with E-state index in [-0.39, 0.29) is 48.8 Å². The molecule has 12 heteroatoms. The number of fused-ring (bicyclic) bond motifs is 1. The average molecular weight is 616 g/mol. The van der Waals surface area contributed by atoms with Gasteiger partial charge in [-0.25, -0.2) is 0 Å². The first-order chi connectivity index (χ1) is 21.7. The molecule has 4 heterocycles. The van der Waals surface area contributed by atoms with E-state index in [1.165, 1.54) is 24.3 Å². The van der Waals surface area contributed by atoms with Crippen LogP contribution in [-0.2, 0) is 23.8 Å². The summed E-state index contributed by atoms with van der Waals surface area (Å²) in [6, 6.07) is 8.79. The van der Waals surface area contributed by atoms with Crippen molar-refractivity contribution in [3.8, 4) is 17.8 Å². The molecule has 2 aromatic carbocycles. The summed E-state index contributed by atoms with van der Waals surface area (Å²) in [7, 11) is 0. The number of nitrogens with zero attached hydrogens (tertiary/aromatic N) is 7. The fourth-order valence-electron chi connectivity index (χ4n) is 7.52. The Bertz CT molecular complexity index is 1730. The van der Waals surface area contributed by atoms with Crippen molar-refractivity contribution in [2.75, 3.05) is 37.8 Å². The maximum Gasteiger partial charge on any atom is 0.319 e. The van der Waals surface area contributed by atoms with Gasteiger partial charge in [0.05, 0.1) is 24.2 Å². The van der Waals surface area contributed by atoms with E-state index in [0.717, 1.165) is 24.9 Å². The van der Waals surface area contributed by atoms with Gasteiger partial charge in [0.2, 0.25) is 5.91 Å². The van der Waals surface area contributed by atoms with Crippen molar-refractivity contribution in [2.45, 2.75) is 63.3 Å². The molecule has 2 unspecified atom stereocenters. The average Bonchev–Trinajstić information content (AvgIpc) is 3.69. The van der Waals surface area contributed by atoms with Gasteiger partial charge in [-0.05, 0) is 54.3 Å². The Kier molecular flexibility index (Phi) is 7.33. The Morgan fingerprint density at radius 2 is 2.09 bits per heavy atom. The van der Waals surface area contributed by atoms with Gasteiger partial charge in [0, 0.05) is 56.4 Å². The van der Waals surface area contributed by atoms with Gasteiger partial charge < -0.3 is 19.6 Å². The van der Waals surface area contributed by atoms with Crippen molar-refractivity contribution in [1.29, 1.82) is 5.26 Å². The molecule has 1 amide bonds. The Morgan fingerprint density at radius 1 is 1.24 bits per heavy atom. The zero-order chi connectivity index (χ0) is 31.5. The monoisotopic (exact) mass is 615 g/mol. The van der Waals surface area contributed by atoms with Gasteiger partial charge in [-0.15, -0.1) is 0 Å². The second kappa shape index (κ2) is 11.2. The number of ether oxygens (including phenoxy) is 1. The molecule has 3 atom stereocenters. The number of phenolic OH excluding ortho intramolecular Hbond substituents is 1. The number of anilines is 1. The number of rotatable bonds is 7. The molecular formula is C33H35F2N7O3. The summed E-state index contributed by atoms with van der Waals surface area (Å²) in [5, 5.41) is 21.0. The van der Waals surface area contributed by atoms with Crippen molar-refractivity contribution < 1.29 is 23.4 Å². The first kappa shape index (κ1) is 29.4. The van der Waals surface area contributed by atoms with Crippen LogP contribution in [0.15, 0.2) is 43.0 Å². The van der Waals surface area contributed by atoms with E-state index in [0.29, 0.717) is 60.3 Å². The number of likely N-dealkylation sites (tertiary alicyclic amines) is 1. The summed E-state index contributed by atoms with van der Waals surface area (Å²) in [6.07, 6.45) is 3.56. The Hall–Kier alpha value is -4.34. The maximum atomic E-state index is 16.3. The van der Waals surface area contributed by atoms with Crippen LogP contribution in [0.5, 0.6) is 11.8 Å². The van der Waals surface area contributed by atoms with Gasteiger partial charge >= 0.3 is 6.01 Å². The van der Waals surface area contributed by atoms with Crippen LogP contribution in [0.2, 0.25) is 0 Å². The highest BCUT2D eigenvalue weighted by atomic mass is 19.3. The lowest BCUT2D eigenvalue weighted by Gasteiger charge is -2.41. The molecule has 7 rings (SSSR count). The first-order valence-corrected chi connectivity index (χ1v) is 15.4. The molecule has 1 aliphatic carbocycles. The lowest BCUT2D eigenvalue weighted by Crippen LogP contribution is -2.55. The number of hydrogen-bond donors (Lipinski definition) is 1. The molecule has 3 aliphatic heterocycles. The minimum Gasteiger partial charge on any atom is -0.508 e. The molecule has 3 aromatic rings. The van der Waals surface area contributed by atoms with E-state index in [1.807, 2.05) is 4.90 Å². The number of phenols is 1. The summed E-state index contributed by atoms with van der Waals surface area (Å²) in [6.45, 7) is 8.44. The Labute approximate surface area is 260 Å². The van der Waals surface area contributed by atoms with Gasteiger partial charge in [0.1, 0.15) is 24.3 Å². The van der Waals surface area contributed by atoms with Crippen molar-refractivity contribution in [1.82, 2.24) is 24.7 Å². The third-order valence-electron chi connectivity index (χ3n) is 9.74. The number of carbonyl (C=O) groups is 1. The minimum absolute atomic E-state index is 0.0478. The van der Waals surface area contributed by atoms with Gasteiger partial charge in [-0.3, -0.25) is 14.6 Å². The zero-order valence-electron chi connectivity index (χ0n) is 25.1. The molecular weight excluding hydrogens is 580 g/mol. The van der Waals surface area contributed by atoms with Gasteiger partial charge in [0.15, 0.2) is 0 Å². The number of aromatic nitrogens is 2. The highest BCUT2D eigenvalue weighted by molar-refractivity contribution is 5.93. The Morgan fingerprint density at radius 3 is 2.84 bits per heavy atom. The quantitative estimate of drug-likeness (QED) is 0.386. The third-order valence-corrected chi connectivity index (χ3v) is 9.74. The van der Waals surface area contributed by atoms with E-state index in [9.17, 15) is 15.2 Å². The lowest BCUT2D eigenvalue weighted by molar-refractivity contribution is -0.128. The van der Waals surface area contributed by atoms with E-state index in [1.54, 1.807) is 21.9 Å². The molecule has 4 aliphatic rings. The predicted octanol–water partition coefficient (Wildman–Crippen LogP) is 4.44. The highest BCUT2D eigenvalue weighted by Crippen LogP contribution is 2.56. The second-order valence-electron chi connectivity index (χ2n) is 12.4. The standard InChI is InChI=1S/C33H35F2N7O3/c1-3-28(44)42-13-12-39(16-22(42)9-10-36)31-25-17-41(18-27(25)37-32(38-31)45-19-40-11-5-6-20(40)2)30-24-15-23(43)14-21-7-4-8-26(29(21)24)33(30,34)35/h3-4,7-8,14-15,20,22,30,43H,1,5-6,9,11-13,16-19H2,2H3/t20?,22-,30?/m0/s1. The number of carbonyl (C=O) groups excluding carboxylic acids is 1. The highest BCUT2D eigenvalue weighted by Gasteiger charge is 2.54. The molecule has 0 spiro atoms. The zero-order valence-corrected chi connectivity index (χ0v) is 25.1. The van der Waals surface area contributed by atoms with Crippen LogP contribution in [0.4, 0.5) is 14.6 Å². The van der Waals surface area contributed by atoms with Crippen LogP contribution < -0.4 is 9.64 Å². The normalized spacial score (nSPS) is 24.2. The third kappa shape index (κ3) is 4.94. The van der Waals surface area contributed by atoms with E-state index < -0.39 is 12.0 Å². The summed E-state index contributed by atoms with van der Waals surface area (Å²) in [4.78, 5) is 29.7. The van der Waals surface area contributed by atoms with Gasteiger partial charge in [-0.1, -0.05) is 24.8 Å². The molecule has 2 saturated heterocycles. The molecule has 0 radical (unpaired) electrons. The van der Waals surface area contributed by atoms with E-state index in [4.69, 9.17) is 14.7 Å². The fourth-order valence-corrected chi connectivity index (χ4v) is 7.52. The number of nitriles is 1. The van der Waals surface area contributed by atoms with Crippen LogP contribution in [0.3, 0.4) is 0 Å². The topological polar surface area (TPSA) is 109 Å². The van der Waals surface area contributed by atoms with Crippen LogP contribution >= 0.6 is 0 Å². The minimum atomic E-state index is -3.20. The lowest BCUT2D eigenvalue weighted by atomic mass is 10.0. The Balaban J connectivity index is 1.24. The summed E-state index contributed by atoms with van der Waals surface area (Å²) in [5.74, 6) is -2.93. The molecule has 0 saturated carbocycles. The number of amides is 1. The molecule has 1 aromatic heterocycles. The molecule has 10 nitrogen and oxygen atoms in total. The van der Waals surface area contributed by atoms with E-state index >= 15 is 8.78 Å². The van der Waals surface area contributed by atoms with Crippen molar-refractivity contribution in [3.05, 3.63) is 65.4 Å². The summed E-state index contributed by atoms with van der Waals surface area (Å²) < 4.78 is 38.7. The van der Waals surface area contributed by atoms with Crippen LogP contribution in [0.25, 0.3) is 10.8 Å². The number of benzene rings is 2. The SMILES string of the molecule is C=CC(=O)N1CCN(c2nc(OCN3CCCC3C)nc3c2CN(C2c4cc(O)cc5cccc(c45)C2(F)F)C3)C[C@@H]1CC#N. The molecule has 2 fully saturated rings. The predicted molar refractivity (Wildman–Crippen MR) is 163 cm³/mol. The molecule has 234 valence electrons. The van der Waals surface area contributed by atoms with Crippen LogP contribution in [-0.4, -0.2) is 80.7 Å². The fraction of sp³-hybridized carbons (Fsp3) is 0.455. The van der Waals surface area contributed by atoms with Crippen LogP contribution in [0, 0.1) is 11.3 Å². The number of alkyl halides is 2.